The van der Waals surface area contributed by atoms with Gasteiger partial charge in [-0.1, -0.05) is 17.7 Å². The van der Waals surface area contributed by atoms with E-state index in [0.29, 0.717) is 6.54 Å². The topological polar surface area (TPSA) is 69.2 Å². The van der Waals surface area contributed by atoms with Gasteiger partial charge in [-0.15, -0.1) is 0 Å². The Kier molecular flexibility index (Phi) is 4.94. The lowest BCUT2D eigenvalue weighted by atomic mass is 10.1. The zero-order chi connectivity index (χ0) is 14.7. The summed E-state index contributed by atoms with van der Waals surface area (Å²) in [4.78, 5) is -0.178. The van der Waals surface area contributed by atoms with Gasteiger partial charge >= 0.3 is 6.18 Å². The standard InChI is InChI=1S/C7H8O3S.C4H6F3N/c1-6-2-4-7(5-3-6)11(8,9)10;5-4(6,7)3-1-2-8-3/h2-5H,1H3,(H,8,9,10);3,8H,1-2H2/p-1/t;3-/m.1/s1. The summed E-state index contributed by atoms with van der Waals surface area (Å²) in [5, 5.41) is 2.26. The van der Waals surface area contributed by atoms with E-state index in [9.17, 15) is 26.1 Å². The van der Waals surface area contributed by atoms with Crippen molar-refractivity contribution in [2.75, 3.05) is 6.54 Å². The van der Waals surface area contributed by atoms with Crippen LogP contribution in [0, 0.1) is 6.92 Å². The third-order valence-electron chi connectivity index (χ3n) is 2.53. The summed E-state index contributed by atoms with van der Waals surface area (Å²) in [5.74, 6) is 0. The van der Waals surface area contributed by atoms with E-state index in [1.54, 1.807) is 12.1 Å². The normalized spacial score (nSPS) is 19.1. The second kappa shape index (κ2) is 5.89. The number of halogens is 3. The first-order valence-electron chi connectivity index (χ1n) is 5.43. The van der Waals surface area contributed by atoms with Crippen LogP contribution in [0.4, 0.5) is 13.2 Å². The molecule has 0 amide bonds. The Morgan fingerprint density at radius 3 is 1.95 bits per heavy atom. The highest BCUT2D eigenvalue weighted by Crippen LogP contribution is 2.25. The molecule has 4 nitrogen and oxygen atoms in total. The first kappa shape index (κ1) is 15.9. The van der Waals surface area contributed by atoms with Crippen LogP contribution < -0.4 is 5.32 Å². The van der Waals surface area contributed by atoms with Gasteiger partial charge in [-0.25, -0.2) is 8.42 Å². The Bertz CT molecular complexity index is 507. The van der Waals surface area contributed by atoms with Gasteiger partial charge in [-0.05, 0) is 32.0 Å². The Morgan fingerprint density at radius 1 is 1.26 bits per heavy atom. The third-order valence-corrected chi connectivity index (χ3v) is 3.38. The predicted molar refractivity (Wildman–Crippen MR) is 61.6 cm³/mol. The molecule has 0 saturated carbocycles. The Hall–Kier alpha value is -1.12. The summed E-state index contributed by atoms with van der Waals surface area (Å²) in [6, 6.07) is 4.56. The lowest BCUT2D eigenvalue weighted by Crippen LogP contribution is -2.52. The fraction of sp³-hybridized carbons (Fsp3) is 0.455. The zero-order valence-electron chi connectivity index (χ0n) is 10.1. The molecule has 108 valence electrons. The van der Waals surface area contributed by atoms with Crippen molar-refractivity contribution in [2.45, 2.75) is 30.5 Å². The van der Waals surface area contributed by atoms with E-state index < -0.39 is 22.3 Å². The quantitative estimate of drug-likeness (QED) is 0.802. The minimum Gasteiger partial charge on any atom is -0.744 e. The Morgan fingerprint density at radius 2 is 1.74 bits per heavy atom. The molecule has 0 aliphatic carbocycles. The predicted octanol–water partition coefficient (Wildman–Crippen LogP) is 1.81. The van der Waals surface area contributed by atoms with Crippen LogP contribution in [0.5, 0.6) is 0 Å². The van der Waals surface area contributed by atoms with Gasteiger partial charge < -0.3 is 9.87 Å². The van der Waals surface area contributed by atoms with Gasteiger partial charge in [-0.3, -0.25) is 0 Å². The number of rotatable bonds is 1. The van der Waals surface area contributed by atoms with E-state index in [0.717, 1.165) is 5.56 Å². The van der Waals surface area contributed by atoms with Crippen LogP contribution in [0.15, 0.2) is 29.2 Å². The van der Waals surface area contributed by atoms with Crippen LogP contribution in [0.2, 0.25) is 0 Å². The maximum Gasteiger partial charge on any atom is 0.403 e. The van der Waals surface area contributed by atoms with Gasteiger partial charge in [0, 0.05) is 0 Å². The monoisotopic (exact) mass is 296 g/mol. The number of hydrogen-bond donors (Lipinski definition) is 1. The summed E-state index contributed by atoms with van der Waals surface area (Å²) in [7, 11) is -4.27. The lowest BCUT2D eigenvalue weighted by molar-refractivity contribution is -0.169. The van der Waals surface area contributed by atoms with Gasteiger partial charge in [0.05, 0.1) is 4.90 Å². The molecule has 1 heterocycles. The molecular weight excluding hydrogens is 283 g/mol. The molecule has 8 heteroatoms. The van der Waals surface area contributed by atoms with Crippen molar-refractivity contribution >= 4 is 10.1 Å². The van der Waals surface area contributed by atoms with Crippen molar-refractivity contribution in [3.8, 4) is 0 Å². The molecule has 0 bridgehead atoms. The smallest absolute Gasteiger partial charge is 0.403 e. The second-order valence-electron chi connectivity index (χ2n) is 4.10. The summed E-state index contributed by atoms with van der Waals surface area (Å²) >= 11 is 0. The molecule has 2 rings (SSSR count). The van der Waals surface area contributed by atoms with E-state index in [-0.39, 0.29) is 11.3 Å². The van der Waals surface area contributed by atoms with E-state index >= 15 is 0 Å². The maximum atomic E-state index is 11.4. The molecule has 1 aliphatic rings. The molecule has 1 aliphatic heterocycles. The van der Waals surface area contributed by atoms with Crippen molar-refractivity contribution in [2.24, 2.45) is 0 Å². The van der Waals surface area contributed by atoms with Crippen molar-refractivity contribution < 1.29 is 26.1 Å². The van der Waals surface area contributed by atoms with Crippen LogP contribution >= 0.6 is 0 Å². The molecule has 1 atom stereocenters. The van der Waals surface area contributed by atoms with Crippen molar-refractivity contribution in [1.82, 2.24) is 5.32 Å². The Labute approximate surface area is 109 Å². The first-order chi connectivity index (χ1) is 8.60. The van der Waals surface area contributed by atoms with Crippen LogP contribution in [0.25, 0.3) is 0 Å². The summed E-state index contributed by atoms with van der Waals surface area (Å²) in [5.41, 5.74) is 0.928. The largest absolute Gasteiger partial charge is 0.744 e. The van der Waals surface area contributed by atoms with E-state index in [2.05, 4.69) is 5.32 Å². The second-order valence-corrected chi connectivity index (χ2v) is 5.48. The number of benzene rings is 1. The van der Waals surface area contributed by atoms with E-state index in [1.807, 2.05) is 6.92 Å². The summed E-state index contributed by atoms with van der Waals surface area (Å²) < 4.78 is 65.5. The van der Waals surface area contributed by atoms with Crippen LogP contribution in [0.3, 0.4) is 0 Å². The number of nitrogens with one attached hydrogen (secondary N) is 1. The van der Waals surface area contributed by atoms with Gasteiger partial charge in [0.15, 0.2) is 0 Å². The van der Waals surface area contributed by atoms with Gasteiger partial charge in [-0.2, -0.15) is 13.2 Å². The van der Waals surface area contributed by atoms with E-state index in [4.69, 9.17) is 0 Å². The molecule has 0 aromatic heterocycles. The highest BCUT2D eigenvalue weighted by atomic mass is 32.2. The zero-order valence-corrected chi connectivity index (χ0v) is 10.9. The lowest BCUT2D eigenvalue weighted by Gasteiger charge is -2.29. The molecule has 1 aromatic rings. The third kappa shape index (κ3) is 5.17. The minimum atomic E-state index is -4.27. The maximum absolute atomic E-state index is 11.4. The SMILES string of the molecule is Cc1ccc(S(=O)(=O)[O-])cc1.FC(F)(F)[C@H]1CCN1. The average Bonchev–Trinajstić information content (AvgIpc) is 2.11. The van der Waals surface area contributed by atoms with Crippen LogP contribution in [0.1, 0.15) is 12.0 Å². The molecule has 19 heavy (non-hydrogen) atoms. The van der Waals surface area contributed by atoms with Crippen LogP contribution in [-0.4, -0.2) is 31.7 Å². The molecule has 1 N–H and O–H groups in total. The van der Waals surface area contributed by atoms with E-state index in [1.165, 1.54) is 12.1 Å². The fourth-order valence-electron chi connectivity index (χ4n) is 1.27. The fourth-order valence-corrected chi connectivity index (χ4v) is 1.74. The number of aryl methyl sites for hydroxylation is 1. The molecule has 1 saturated heterocycles. The van der Waals surface area contributed by atoms with Crippen molar-refractivity contribution in [3.63, 3.8) is 0 Å². The van der Waals surface area contributed by atoms with Gasteiger partial charge in [0.2, 0.25) is 0 Å². The number of alkyl halides is 3. The minimum absolute atomic E-state index is 0.178. The number of hydrogen-bond acceptors (Lipinski definition) is 4. The van der Waals surface area contributed by atoms with Crippen molar-refractivity contribution in [1.29, 1.82) is 0 Å². The molecular formula is C11H13F3NO3S-. The first-order valence-corrected chi connectivity index (χ1v) is 6.84. The summed E-state index contributed by atoms with van der Waals surface area (Å²) in [6.07, 6.45) is -3.78. The molecule has 0 radical (unpaired) electrons. The highest BCUT2D eigenvalue weighted by molar-refractivity contribution is 7.85. The Balaban J connectivity index is 0.000000200. The molecule has 1 aromatic carbocycles. The average molecular weight is 296 g/mol. The van der Waals surface area contributed by atoms with Gasteiger partial charge in [0.1, 0.15) is 16.2 Å². The molecule has 1 fully saturated rings. The highest BCUT2D eigenvalue weighted by Gasteiger charge is 2.42. The van der Waals surface area contributed by atoms with Crippen LogP contribution in [-0.2, 0) is 10.1 Å². The summed E-state index contributed by atoms with van der Waals surface area (Å²) in [6.45, 7) is 2.32. The molecule has 0 spiro atoms. The van der Waals surface area contributed by atoms with Gasteiger partial charge in [0.25, 0.3) is 0 Å². The molecule has 0 unspecified atom stereocenters. The van der Waals surface area contributed by atoms with Crippen molar-refractivity contribution in [3.05, 3.63) is 29.8 Å².